The second kappa shape index (κ2) is 12.2. The maximum Gasteiger partial charge on any atom is 0.162 e. The molecule has 6 nitrogen and oxygen atoms in total. The van der Waals surface area contributed by atoms with Gasteiger partial charge in [0.25, 0.3) is 0 Å². The molecule has 2 heterocycles. The molecule has 1 N–H and O–H groups in total. The fourth-order valence-corrected chi connectivity index (χ4v) is 5.25. The fourth-order valence-electron chi connectivity index (χ4n) is 5.25. The number of hydrogen-bond acceptors (Lipinski definition) is 6. The van der Waals surface area contributed by atoms with Crippen LogP contribution in [-0.2, 0) is 0 Å². The van der Waals surface area contributed by atoms with Crippen LogP contribution in [0.5, 0.6) is 11.5 Å². The molecule has 6 heteroatoms. The molecule has 1 saturated heterocycles. The largest absolute Gasteiger partial charge is 0.493 e. The van der Waals surface area contributed by atoms with Crippen LogP contribution in [0.25, 0.3) is 33.1 Å². The summed E-state index contributed by atoms with van der Waals surface area (Å²) >= 11 is 0. The zero-order valence-corrected chi connectivity index (χ0v) is 22.1. The van der Waals surface area contributed by atoms with Gasteiger partial charge in [0.1, 0.15) is 5.82 Å². The highest BCUT2D eigenvalue weighted by molar-refractivity contribution is 5.94. The van der Waals surface area contributed by atoms with Crippen LogP contribution in [0.2, 0.25) is 0 Å². The van der Waals surface area contributed by atoms with E-state index >= 15 is 0 Å². The molecule has 0 aliphatic carbocycles. The van der Waals surface area contributed by atoms with Crippen molar-refractivity contribution >= 4 is 27.5 Å². The second-order valence-electron chi connectivity index (χ2n) is 9.93. The Hall–Kier alpha value is -3.38. The molecule has 0 amide bonds. The molecule has 0 unspecified atom stereocenters. The molecule has 1 aliphatic heterocycles. The molecule has 0 atom stereocenters. The van der Waals surface area contributed by atoms with E-state index in [9.17, 15) is 0 Å². The zero-order chi connectivity index (χ0) is 25.5. The van der Waals surface area contributed by atoms with E-state index < -0.39 is 0 Å². The first-order valence-electron chi connectivity index (χ1n) is 13.6. The molecular formula is C31H38N4O2. The van der Waals surface area contributed by atoms with Crippen LogP contribution in [0, 0.1) is 0 Å². The van der Waals surface area contributed by atoms with Crippen molar-refractivity contribution in [2.45, 2.75) is 44.9 Å². The average molecular weight is 499 g/mol. The van der Waals surface area contributed by atoms with E-state index in [-0.39, 0.29) is 0 Å². The highest BCUT2D eigenvalue weighted by atomic mass is 16.5. The van der Waals surface area contributed by atoms with Crippen LogP contribution >= 0.6 is 0 Å². The van der Waals surface area contributed by atoms with Gasteiger partial charge in [-0.2, -0.15) is 0 Å². The number of hydrogen-bond donors (Lipinski definition) is 1. The van der Waals surface area contributed by atoms with Crippen LogP contribution in [0.1, 0.15) is 44.9 Å². The van der Waals surface area contributed by atoms with Crippen LogP contribution in [0.4, 0.5) is 5.82 Å². The minimum Gasteiger partial charge on any atom is -0.493 e. The van der Waals surface area contributed by atoms with E-state index in [4.69, 9.17) is 19.4 Å². The van der Waals surface area contributed by atoms with Gasteiger partial charge in [-0.3, -0.25) is 0 Å². The Labute approximate surface area is 220 Å². The Balaban J connectivity index is 1.32. The Kier molecular flexibility index (Phi) is 8.36. The maximum atomic E-state index is 5.57. The normalized spacial score (nSPS) is 14.2. The van der Waals surface area contributed by atoms with Gasteiger partial charge >= 0.3 is 0 Å². The lowest BCUT2D eigenvalue weighted by atomic mass is 10.1. The Bertz CT molecular complexity index is 1330. The number of methoxy groups -OCH3 is 2. The Morgan fingerprint density at radius 1 is 0.784 bits per heavy atom. The van der Waals surface area contributed by atoms with Gasteiger partial charge in [-0.25, -0.2) is 9.97 Å². The predicted octanol–water partition coefficient (Wildman–Crippen LogP) is 6.93. The van der Waals surface area contributed by atoms with Crippen LogP contribution < -0.4 is 14.8 Å². The van der Waals surface area contributed by atoms with Gasteiger partial charge in [0.15, 0.2) is 17.3 Å². The van der Waals surface area contributed by atoms with Gasteiger partial charge < -0.3 is 19.7 Å². The molecule has 0 saturated carbocycles. The van der Waals surface area contributed by atoms with Crippen LogP contribution in [-0.4, -0.2) is 55.3 Å². The summed E-state index contributed by atoms with van der Waals surface area (Å²) in [6.07, 6.45) is 9.04. The third-order valence-electron chi connectivity index (χ3n) is 7.35. The van der Waals surface area contributed by atoms with Crippen molar-refractivity contribution in [1.82, 2.24) is 14.9 Å². The molecule has 4 aromatic rings. The van der Waals surface area contributed by atoms with Gasteiger partial charge in [0, 0.05) is 23.6 Å². The third kappa shape index (κ3) is 6.13. The van der Waals surface area contributed by atoms with E-state index in [0.717, 1.165) is 35.2 Å². The summed E-state index contributed by atoms with van der Waals surface area (Å²) < 4.78 is 11.1. The number of unbranched alkanes of at least 4 members (excludes halogenated alkanes) is 3. The third-order valence-corrected chi connectivity index (χ3v) is 7.35. The Morgan fingerprint density at radius 3 is 2.35 bits per heavy atom. The standard InChI is InChI=1S/C31H38N4O2/c1-36-28-21-26-27(22-29(28)37-2)33-30(25-15-14-23-12-6-7-13-24(23)20-25)34-31(26)32-16-8-3-4-9-17-35-18-10-5-11-19-35/h6-7,12-15,20-22H,3-5,8-11,16-19H2,1-2H3,(H,32,33,34). The first-order valence-corrected chi connectivity index (χ1v) is 13.6. The highest BCUT2D eigenvalue weighted by Crippen LogP contribution is 2.35. The van der Waals surface area contributed by atoms with Gasteiger partial charge in [-0.05, 0) is 68.2 Å². The average Bonchev–Trinajstić information content (AvgIpc) is 2.96. The summed E-state index contributed by atoms with van der Waals surface area (Å²) in [5.41, 5.74) is 1.83. The molecule has 3 aromatic carbocycles. The number of ether oxygens (including phenoxy) is 2. The molecule has 194 valence electrons. The molecule has 1 fully saturated rings. The number of nitrogens with zero attached hydrogens (tertiary/aromatic N) is 3. The smallest absolute Gasteiger partial charge is 0.162 e. The van der Waals surface area contributed by atoms with E-state index in [1.807, 2.05) is 12.1 Å². The minimum absolute atomic E-state index is 0.665. The van der Waals surface area contributed by atoms with Crippen LogP contribution in [0.3, 0.4) is 0 Å². The molecule has 37 heavy (non-hydrogen) atoms. The summed E-state index contributed by atoms with van der Waals surface area (Å²) in [6, 6.07) is 18.7. The summed E-state index contributed by atoms with van der Waals surface area (Å²) in [5, 5.41) is 6.93. The molecule has 1 aromatic heterocycles. The fraction of sp³-hybridized carbons (Fsp3) is 0.419. The summed E-state index contributed by atoms with van der Waals surface area (Å²) in [6.45, 7) is 4.70. The summed E-state index contributed by atoms with van der Waals surface area (Å²) in [7, 11) is 3.31. The predicted molar refractivity (Wildman–Crippen MR) is 153 cm³/mol. The lowest BCUT2D eigenvalue weighted by Gasteiger charge is -2.26. The van der Waals surface area contributed by atoms with Crippen molar-refractivity contribution in [3.8, 4) is 22.9 Å². The molecule has 0 spiro atoms. The van der Waals surface area contributed by atoms with Crippen molar-refractivity contribution in [2.75, 3.05) is 45.7 Å². The molecule has 5 rings (SSSR count). The first-order chi connectivity index (χ1) is 18.2. The number of aromatic nitrogens is 2. The van der Waals surface area contributed by atoms with Gasteiger partial charge in [-0.1, -0.05) is 55.7 Å². The van der Waals surface area contributed by atoms with E-state index in [0.29, 0.717) is 17.3 Å². The van der Waals surface area contributed by atoms with Crippen molar-refractivity contribution in [3.05, 3.63) is 54.6 Å². The number of nitrogens with one attached hydrogen (secondary N) is 1. The monoisotopic (exact) mass is 498 g/mol. The van der Waals surface area contributed by atoms with Crippen LogP contribution in [0.15, 0.2) is 54.6 Å². The molecule has 0 radical (unpaired) electrons. The van der Waals surface area contributed by atoms with Crippen molar-refractivity contribution in [1.29, 1.82) is 0 Å². The quantitative estimate of drug-likeness (QED) is 0.226. The van der Waals surface area contributed by atoms with E-state index in [2.05, 4.69) is 52.7 Å². The van der Waals surface area contributed by atoms with Crippen molar-refractivity contribution in [3.63, 3.8) is 0 Å². The summed E-state index contributed by atoms with van der Waals surface area (Å²) in [4.78, 5) is 12.5. The number of anilines is 1. The maximum absolute atomic E-state index is 5.57. The van der Waals surface area contributed by atoms with Gasteiger partial charge in [-0.15, -0.1) is 0 Å². The molecule has 1 aliphatic rings. The summed E-state index contributed by atoms with van der Waals surface area (Å²) in [5.74, 6) is 2.88. The van der Waals surface area contributed by atoms with Crippen molar-refractivity contribution in [2.24, 2.45) is 0 Å². The number of piperidine rings is 1. The van der Waals surface area contributed by atoms with E-state index in [1.165, 1.54) is 68.9 Å². The Morgan fingerprint density at radius 2 is 1.54 bits per heavy atom. The SMILES string of the molecule is COc1cc2nc(-c3ccc4ccccc4c3)nc(NCCCCCCN3CCCCC3)c2cc1OC. The lowest BCUT2D eigenvalue weighted by Crippen LogP contribution is -2.30. The second-order valence-corrected chi connectivity index (χ2v) is 9.93. The zero-order valence-electron chi connectivity index (χ0n) is 22.1. The minimum atomic E-state index is 0.665. The van der Waals surface area contributed by atoms with Crippen molar-refractivity contribution < 1.29 is 9.47 Å². The van der Waals surface area contributed by atoms with Gasteiger partial charge in [0.2, 0.25) is 0 Å². The van der Waals surface area contributed by atoms with Gasteiger partial charge in [0.05, 0.1) is 19.7 Å². The highest BCUT2D eigenvalue weighted by Gasteiger charge is 2.15. The van der Waals surface area contributed by atoms with E-state index in [1.54, 1.807) is 14.2 Å². The molecule has 0 bridgehead atoms. The first kappa shape index (κ1) is 25.3. The number of rotatable bonds is 11. The molecular weight excluding hydrogens is 460 g/mol. The number of likely N-dealkylation sites (tertiary alicyclic amines) is 1. The number of fused-ring (bicyclic) bond motifs is 2. The topological polar surface area (TPSA) is 59.5 Å². The number of benzene rings is 3. The lowest BCUT2D eigenvalue weighted by molar-refractivity contribution is 0.224.